The molecule has 0 unspecified atom stereocenters. The van der Waals surface area contributed by atoms with Crippen LogP contribution in [-0.2, 0) is 6.54 Å². The number of hydrogen-bond acceptors (Lipinski definition) is 6. The zero-order valence-corrected chi connectivity index (χ0v) is 17.9. The zero-order chi connectivity index (χ0) is 22.2. The zero-order valence-electron chi connectivity index (χ0n) is 17.9. The fourth-order valence-corrected chi connectivity index (χ4v) is 3.86. The molecule has 0 amide bonds. The molecule has 0 bridgehead atoms. The Morgan fingerprint density at radius 3 is 2.55 bits per heavy atom. The molecule has 0 fully saturated rings. The molecule has 0 saturated carbocycles. The monoisotopic (exact) mass is 432 g/mol. The van der Waals surface area contributed by atoms with E-state index in [2.05, 4.69) is 64.7 Å². The van der Waals surface area contributed by atoms with E-state index in [1.807, 2.05) is 49.9 Å². The Morgan fingerprint density at radius 1 is 0.879 bits per heavy atom. The summed E-state index contributed by atoms with van der Waals surface area (Å²) >= 11 is 0. The molecule has 8 heteroatoms. The Bertz CT molecular complexity index is 1430. The van der Waals surface area contributed by atoms with Gasteiger partial charge in [0.25, 0.3) is 0 Å². The number of aryl methyl sites for hydroxylation is 1. The highest BCUT2D eigenvalue weighted by molar-refractivity contribution is 5.83. The van der Waals surface area contributed by atoms with E-state index in [0.717, 1.165) is 51.4 Å². The predicted molar refractivity (Wildman–Crippen MR) is 128 cm³/mol. The van der Waals surface area contributed by atoms with Gasteiger partial charge in [-0.25, -0.2) is 15.0 Å². The number of anilines is 1. The van der Waals surface area contributed by atoms with Crippen molar-refractivity contribution in [3.8, 4) is 28.5 Å². The number of aromatic nitrogens is 6. The molecule has 5 heterocycles. The highest BCUT2D eigenvalue weighted by Crippen LogP contribution is 2.30. The van der Waals surface area contributed by atoms with E-state index in [9.17, 15) is 0 Å². The second-order valence-corrected chi connectivity index (χ2v) is 7.82. The molecule has 6 rings (SSSR count). The van der Waals surface area contributed by atoms with Crippen LogP contribution in [0.2, 0.25) is 0 Å². The van der Waals surface area contributed by atoms with Crippen LogP contribution in [0, 0.1) is 6.92 Å². The molecular formula is C25H20N8. The van der Waals surface area contributed by atoms with E-state index in [0.29, 0.717) is 6.54 Å². The Labute approximate surface area is 190 Å². The number of fused-ring (bicyclic) bond motifs is 1. The first-order valence-electron chi connectivity index (χ1n) is 10.6. The molecule has 160 valence electrons. The fraction of sp³-hybridized carbons (Fsp3) is 0.0800. The van der Waals surface area contributed by atoms with Crippen LogP contribution in [0.15, 0.2) is 84.5 Å². The van der Waals surface area contributed by atoms with Crippen molar-refractivity contribution in [1.29, 1.82) is 0 Å². The number of hydrogen-bond donors (Lipinski definition) is 1. The van der Waals surface area contributed by atoms with Crippen molar-refractivity contribution < 1.29 is 0 Å². The van der Waals surface area contributed by atoms with Gasteiger partial charge in [-0.2, -0.15) is 0 Å². The molecule has 0 radical (unpaired) electrons. The SMILES string of the molecule is Cc1ccc(-n2cc(-c3ccccn3)nc2-c2ccc(N3C=Nc4nc[nH]c4C3)cc2)cn1. The summed E-state index contributed by atoms with van der Waals surface area (Å²) in [7, 11) is 0. The summed E-state index contributed by atoms with van der Waals surface area (Å²) < 4.78 is 2.06. The van der Waals surface area contributed by atoms with Crippen LogP contribution in [0.5, 0.6) is 0 Å². The number of pyridine rings is 2. The third-order valence-corrected chi connectivity index (χ3v) is 5.61. The topological polar surface area (TPSA) is 87.9 Å². The minimum Gasteiger partial charge on any atom is -0.345 e. The Kier molecular flexibility index (Phi) is 4.54. The maximum Gasteiger partial charge on any atom is 0.176 e. The minimum absolute atomic E-state index is 0.700. The number of benzene rings is 1. The van der Waals surface area contributed by atoms with E-state index in [1.165, 1.54) is 0 Å². The van der Waals surface area contributed by atoms with Gasteiger partial charge in [0.2, 0.25) is 0 Å². The van der Waals surface area contributed by atoms with Gasteiger partial charge >= 0.3 is 0 Å². The van der Waals surface area contributed by atoms with E-state index in [1.54, 1.807) is 12.5 Å². The highest BCUT2D eigenvalue weighted by atomic mass is 15.2. The van der Waals surface area contributed by atoms with Gasteiger partial charge in [-0.05, 0) is 55.5 Å². The van der Waals surface area contributed by atoms with Crippen LogP contribution in [0.4, 0.5) is 11.5 Å². The van der Waals surface area contributed by atoms with Crippen molar-refractivity contribution in [2.75, 3.05) is 4.90 Å². The minimum atomic E-state index is 0.700. The largest absolute Gasteiger partial charge is 0.345 e. The molecule has 8 nitrogen and oxygen atoms in total. The van der Waals surface area contributed by atoms with Crippen LogP contribution in [0.3, 0.4) is 0 Å². The summed E-state index contributed by atoms with van der Waals surface area (Å²) in [6.45, 7) is 2.68. The van der Waals surface area contributed by atoms with Crippen molar-refractivity contribution in [3.63, 3.8) is 0 Å². The highest BCUT2D eigenvalue weighted by Gasteiger charge is 2.17. The summed E-state index contributed by atoms with van der Waals surface area (Å²) in [5, 5.41) is 0. The Balaban J connectivity index is 1.38. The van der Waals surface area contributed by atoms with Gasteiger partial charge in [0, 0.05) is 29.3 Å². The Hall–Kier alpha value is -4.59. The smallest absolute Gasteiger partial charge is 0.176 e. The molecule has 33 heavy (non-hydrogen) atoms. The molecule has 0 atom stereocenters. The maximum absolute atomic E-state index is 4.93. The number of nitrogens with one attached hydrogen (secondary N) is 1. The van der Waals surface area contributed by atoms with Crippen LogP contribution in [-0.4, -0.2) is 35.8 Å². The standard InChI is InChI=1S/C25H20N8/c1-17-5-8-20(12-27-17)33-14-22(21-4-2-3-11-26-21)31-25(33)18-6-9-19(10-7-18)32-13-23-24(30-16-32)29-15-28-23/h2-12,14-16H,13H2,1H3,(H,28,29). The first-order chi connectivity index (χ1) is 16.2. The average Bonchev–Trinajstić information content (AvgIpc) is 3.52. The van der Waals surface area contributed by atoms with Crippen LogP contribution in [0.25, 0.3) is 28.5 Å². The molecule has 0 spiro atoms. The van der Waals surface area contributed by atoms with Crippen molar-refractivity contribution in [2.24, 2.45) is 4.99 Å². The van der Waals surface area contributed by atoms with Gasteiger partial charge < -0.3 is 9.88 Å². The van der Waals surface area contributed by atoms with E-state index >= 15 is 0 Å². The Morgan fingerprint density at radius 2 is 1.76 bits per heavy atom. The summed E-state index contributed by atoms with van der Waals surface area (Å²) in [5.74, 6) is 1.58. The molecule has 1 aromatic carbocycles. The lowest BCUT2D eigenvalue weighted by atomic mass is 10.1. The van der Waals surface area contributed by atoms with Crippen LogP contribution >= 0.6 is 0 Å². The van der Waals surface area contributed by atoms with Crippen molar-refractivity contribution in [2.45, 2.75) is 13.5 Å². The van der Waals surface area contributed by atoms with Crippen LogP contribution in [0.1, 0.15) is 11.4 Å². The number of imidazole rings is 2. The van der Waals surface area contributed by atoms with Gasteiger partial charge in [0.15, 0.2) is 5.82 Å². The quantitative estimate of drug-likeness (QED) is 0.444. The summed E-state index contributed by atoms with van der Waals surface area (Å²) in [6.07, 6.45) is 9.14. The van der Waals surface area contributed by atoms with Gasteiger partial charge in [-0.3, -0.25) is 14.5 Å². The number of aromatic amines is 1. The lowest BCUT2D eigenvalue weighted by Gasteiger charge is -2.22. The second-order valence-electron chi connectivity index (χ2n) is 7.82. The number of rotatable bonds is 4. The third kappa shape index (κ3) is 3.57. The lowest BCUT2D eigenvalue weighted by Crippen LogP contribution is -2.23. The van der Waals surface area contributed by atoms with Gasteiger partial charge in [-0.1, -0.05) is 6.07 Å². The lowest BCUT2D eigenvalue weighted by molar-refractivity contribution is 0.955. The fourth-order valence-electron chi connectivity index (χ4n) is 3.86. The molecular weight excluding hydrogens is 412 g/mol. The maximum atomic E-state index is 4.93. The van der Waals surface area contributed by atoms with Gasteiger partial charge in [0.1, 0.15) is 11.5 Å². The van der Waals surface area contributed by atoms with Crippen LogP contribution < -0.4 is 4.90 Å². The van der Waals surface area contributed by atoms with Crippen molar-refractivity contribution in [1.82, 2.24) is 29.5 Å². The second kappa shape index (κ2) is 7.83. The van der Waals surface area contributed by atoms with E-state index in [4.69, 9.17) is 4.98 Å². The molecule has 5 aromatic rings. The normalized spacial score (nSPS) is 12.7. The molecule has 0 saturated heterocycles. The number of nitrogens with zero attached hydrogens (tertiary/aromatic N) is 7. The summed E-state index contributed by atoms with van der Waals surface area (Å²) in [4.78, 5) is 27.7. The predicted octanol–water partition coefficient (Wildman–Crippen LogP) is 4.71. The molecule has 1 aliphatic heterocycles. The van der Waals surface area contributed by atoms with Crippen molar-refractivity contribution >= 4 is 17.8 Å². The summed E-state index contributed by atoms with van der Waals surface area (Å²) in [5.41, 5.74) is 6.60. The van der Waals surface area contributed by atoms with E-state index in [-0.39, 0.29) is 0 Å². The van der Waals surface area contributed by atoms with Gasteiger partial charge in [-0.15, -0.1) is 0 Å². The van der Waals surface area contributed by atoms with Gasteiger partial charge in [0.05, 0.1) is 42.5 Å². The molecule has 1 N–H and O–H groups in total. The number of aliphatic imine (C=N–C) groups is 1. The first kappa shape index (κ1) is 19.1. The first-order valence-corrected chi connectivity index (χ1v) is 10.6. The summed E-state index contributed by atoms with van der Waals surface area (Å²) in [6, 6.07) is 18.2. The average molecular weight is 432 g/mol. The van der Waals surface area contributed by atoms with E-state index < -0.39 is 0 Å². The number of H-pyrrole nitrogens is 1. The van der Waals surface area contributed by atoms with Crippen molar-refractivity contribution in [3.05, 3.63) is 90.9 Å². The third-order valence-electron chi connectivity index (χ3n) is 5.61. The molecule has 4 aromatic heterocycles. The molecule has 0 aliphatic carbocycles. The molecule has 1 aliphatic rings.